The Hall–Kier alpha value is -1.56. The number of alkyl halides is 3. The molecule has 1 atom stereocenters. The Morgan fingerprint density at radius 1 is 1.32 bits per heavy atom. The van der Waals surface area contributed by atoms with Crippen molar-refractivity contribution in [3.63, 3.8) is 0 Å². The maximum absolute atomic E-state index is 12.4. The molecule has 3 nitrogen and oxygen atoms in total. The number of carboxylic acids is 1. The second-order valence-corrected chi connectivity index (χ2v) is 4.69. The van der Waals surface area contributed by atoms with Crippen molar-refractivity contribution >= 4 is 5.97 Å². The smallest absolute Gasteiger partial charge is 0.416 e. The van der Waals surface area contributed by atoms with E-state index in [1.54, 1.807) is 0 Å². The van der Waals surface area contributed by atoms with Gasteiger partial charge in [0.25, 0.3) is 0 Å². The van der Waals surface area contributed by atoms with E-state index >= 15 is 0 Å². The molecular formula is C13H14F3NO2. The SMILES string of the molecule is O=C(O)C(CNC1CC1)c1ccc(C(F)(F)F)cc1. The number of carboxylic acid groups (broad SMARTS) is 1. The normalized spacial score (nSPS) is 17.2. The van der Waals surface area contributed by atoms with Crippen LogP contribution in [0.25, 0.3) is 0 Å². The van der Waals surface area contributed by atoms with Crippen LogP contribution in [0.3, 0.4) is 0 Å². The minimum Gasteiger partial charge on any atom is -0.481 e. The van der Waals surface area contributed by atoms with Gasteiger partial charge < -0.3 is 10.4 Å². The standard InChI is InChI=1S/C13H14F3NO2/c14-13(15,16)9-3-1-8(2-4-9)11(12(18)19)7-17-10-5-6-10/h1-4,10-11,17H,5-7H2,(H,18,19). The first-order chi connectivity index (χ1) is 8.88. The van der Waals surface area contributed by atoms with E-state index in [-0.39, 0.29) is 6.54 Å². The third kappa shape index (κ3) is 3.70. The Labute approximate surface area is 108 Å². The van der Waals surface area contributed by atoms with E-state index in [1.165, 1.54) is 12.1 Å². The summed E-state index contributed by atoms with van der Waals surface area (Å²) < 4.78 is 37.2. The Balaban J connectivity index is 2.10. The summed E-state index contributed by atoms with van der Waals surface area (Å²) in [5.41, 5.74) is -0.385. The van der Waals surface area contributed by atoms with Crippen LogP contribution in [-0.2, 0) is 11.0 Å². The summed E-state index contributed by atoms with van der Waals surface area (Å²) in [5, 5.41) is 12.2. The number of aliphatic carboxylic acids is 1. The van der Waals surface area contributed by atoms with Gasteiger partial charge in [-0.3, -0.25) is 4.79 Å². The van der Waals surface area contributed by atoms with E-state index in [9.17, 15) is 18.0 Å². The lowest BCUT2D eigenvalue weighted by atomic mass is 9.98. The molecule has 1 aliphatic rings. The number of rotatable bonds is 5. The molecule has 0 aromatic heterocycles. The Morgan fingerprint density at radius 2 is 1.89 bits per heavy atom. The summed E-state index contributed by atoms with van der Waals surface area (Å²) in [6.07, 6.45) is -2.35. The van der Waals surface area contributed by atoms with E-state index in [0.717, 1.165) is 25.0 Å². The highest BCUT2D eigenvalue weighted by Crippen LogP contribution is 2.30. The maximum atomic E-state index is 12.4. The third-order valence-electron chi connectivity index (χ3n) is 3.13. The topological polar surface area (TPSA) is 49.3 Å². The molecule has 0 spiro atoms. The van der Waals surface area contributed by atoms with Gasteiger partial charge in [0.1, 0.15) is 0 Å². The van der Waals surface area contributed by atoms with Gasteiger partial charge in [0, 0.05) is 12.6 Å². The van der Waals surface area contributed by atoms with Crippen LogP contribution < -0.4 is 5.32 Å². The monoisotopic (exact) mass is 273 g/mol. The van der Waals surface area contributed by atoms with Crippen molar-refractivity contribution < 1.29 is 23.1 Å². The van der Waals surface area contributed by atoms with Crippen molar-refractivity contribution in [2.45, 2.75) is 31.0 Å². The number of halogens is 3. The maximum Gasteiger partial charge on any atom is 0.416 e. The molecule has 0 amide bonds. The molecule has 6 heteroatoms. The molecule has 0 heterocycles. The number of benzene rings is 1. The molecule has 1 fully saturated rings. The lowest BCUT2D eigenvalue weighted by molar-refractivity contribution is -0.138. The van der Waals surface area contributed by atoms with E-state index in [4.69, 9.17) is 5.11 Å². The van der Waals surface area contributed by atoms with Crippen LogP contribution >= 0.6 is 0 Å². The molecular weight excluding hydrogens is 259 g/mol. The average Bonchev–Trinajstić information content (AvgIpc) is 3.12. The zero-order chi connectivity index (χ0) is 14.0. The molecule has 0 bridgehead atoms. The van der Waals surface area contributed by atoms with Gasteiger partial charge in [-0.05, 0) is 30.5 Å². The van der Waals surface area contributed by atoms with Crippen LogP contribution in [0, 0.1) is 0 Å². The minimum absolute atomic E-state index is 0.241. The fraction of sp³-hybridized carbons (Fsp3) is 0.462. The van der Waals surface area contributed by atoms with E-state index in [0.29, 0.717) is 11.6 Å². The zero-order valence-electron chi connectivity index (χ0n) is 10.1. The van der Waals surface area contributed by atoms with Crippen LogP contribution in [0.1, 0.15) is 29.9 Å². The molecule has 1 unspecified atom stereocenters. The summed E-state index contributed by atoms with van der Waals surface area (Å²) in [5.74, 6) is -1.85. The highest BCUT2D eigenvalue weighted by molar-refractivity contribution is 5.76. The second kappa shape index (κ2) is 5.21. The van der Waals surface area contributed by atoms with Gasteiger partial charge in [-0.1, -0.05) is 12.1 Å². The summed E-state index contributed by atoms with van der Waals surface area (Å²) in [7, 11) is 0. The van der Waals surface area contributed by atoms with Crippen LogP contribution in [0.4, 0.5) is 13.2 Å². The molecule has 1 aromatic rings. The number of nitrogens with one attached hydrogen (secondary N) is 1. The Kier molecular flexibility index (Phi) is 3.80. The minimum atomic E-state index is -4.40. The number of carbonyl (C=O) groups is 1. The fourth-order valence-electron chi connectivity index (χ4n) is 1.82. The second-order valence-electron chi connectivity index (χ2n) is 4.69. The zero-order valence-corrected chi connectivity index (χ0v) is 10.1. The van der Waals surface area contributed by atoms with E-state index < -0.39 is 23.6 Å². The summed E-state index contributed by atoms with van der Waals surface area (Å²) in [6.45, 7) is 0.241. The molecule has 2 N–H and O–H groups in total. The lowest BCUT2D eigenvalue weighted by Gasteiger charge is -2.14. The summed E-state index contributed by atoms with van der Waals surface area (Å²) in [4.78, 5) is 11.2. The van der Waals surface area contributed by atoms with E-state index in [2.05, 4.69) is 5.32 Å². The largest absolute Gasteiger partial charge is 0.481 e. The van der Waals surface area contributed by atoms with Gasteiger partial charge in [-0.15, -0.1) is 0 Å². The Bertz CT molecular complexity index is 452. The summed E-state index contributed by atoms with van der Waals surface area (Å²) >= 11 is 0. The molecule has 0 radical (unpaired) electrons. The third-order valence-corrected chi connectivity index (χ3v) is 3.13. The molecule has 0 saturated heterocycles. The van der Waals surface area contributed by atoms with Crippen molar-refractivity contribution in [2.24, 2.45) is 0 Å². The highest BCUT2D eigenvalue weighted by Gasteiger charge is 2.31. The molecule has 0 aliphatic heterocycles. The van der Waals surface area contributed by atoms with Crippen LogP contribution in [0.15, 0.2) is 24.3 Å². The van der Waals surface area contributed by atoms with Crippen molar-refractivity contribution in [1.82, 2.24) is 5.32 Å². The van der Waals surface area contributed by atoms with Crippen LogP contribution in [-0.4, -0.2) is 23.7 Å². The number of hydrogen-bond donors (Lipinski definition) is 2. The van der Waals surface area contributed by atoms with Gasteiger partial charge in [0.15, 0.2) is 0 Å². The highest BCUT2D eigenvalue weighted by atomic mass is 19.4. The van der Waals surface area contributed by atoms with Crippen molar-refractivity contribution in [2.75, 3.05) is 6.54 Å². The van der Waals surface area contributed by atoms with Gasteiger partial charge >= 0.3 is 12.1 Å². The molecule has 1 aromatic carbocycles. The van der Waals surface area contributed by atoms with Crippen LogP contribution in [0.5, 0.6) is 0 Å². The van der Waals surface area contributed by atoms with Gasteiger partial charge in [0.05, 0.1) is 11.5 Å². The van der Waals surface area contributed by atoms with Gasteiger partial charge in [-0.2, -0.15) is 13.2 Å². The molecule has 19 heavy (non-hydrogen) atoms. The Morgan fingerprint density at radius 3 is 2.32 bits per heavy atom. The van der Waals surface area contributed by atoms with Crippen molar-refractivity contribution in [3.8, 4) is 0 Å². The molecule has 104 valence electrons. The fourth-order valence-corrected chi connectivity index (χ4v) is 1.82. The predicted octanol–water partition coefficient (Wildman–Crippen LogP) is 2.63. The lowest BCUT2D eigenvalue weighted by Crippen LogP contribution is -2.28. The van der Waals surface area contributed by atoms with Gasteiger partial charge in [-0.25, -0.2) is 0 Å². The summed E-state index contributed by atoms with van der Waals surface area (Å²) in [6, 6.07) is 4.66. The quantitative estimate of drug-likeness (QED) is 0.867. The molecule has 2 rings (SSSR count). The average molecular weight is 273 g/mol. The first-order valence-corrected chi connectivity index (χ1v) is 6.01. The predicted molar refractivity (Wildman–Crippen MR) is 62.8 cm³/mol. The molecule has 1 saturated carbocycles. The van der Waals surface area contributed by atoms with E-state index in [1.807, 2.05) is 0 Å². The van der Waals surface area contributed by atoms with Gasteiger partial charge in [0.2, 0.25) is 0 Å². The van der Waals surface area contributed by atoms with Crippen molar-refractivity contribution in [1.29, 1.82) is 0 Å². The first kappa shape index (κ1) is 13.9. The molecule has 1 aliphatic carbocycles. The van der Waals surface area contributed by atoms with Crippen LogP contribution in [0.2, 0.25) is 0 Å². The van der Waals surface area contributed by atoms with Crippen molar-refractivity contribution in [3.05, 3.63) is 35.4 Å². The first-order valence-electron chi connectivity index (χ1n) is 6.01. The number of hydrogen-bond acceptors (Lipinski definition) is 2.